The number of pyridine rings is 1. The average Bonchev–Trinajstić information content (AvgIpc) is 2.54. The zero-order chi connectivity index (χ0) is 14.8. The first-order valence-corrected chi connectivity index (χ1v) is 6.78. The second-order valence-corrected chi connectivity index (χ2v) is 4.96. The summed E-state index contributed by atoms with van der Waals surface area (Å²) in [5, 5.41) is 3.00. The predicted octanol–water partition coefficient (Wildman–Crippen LogP) is 2.54. The van der Waals surface area contributed by atoms with Gasteiger partial charge in [0.2, 0.25) is 11.6 Å². The molecule has 3 rings (SSSR count). The summed E-state index contributed by atoms with van der Waals surface area (Å²) >= 11 is 6.03. The molecule has 0 aliphatic heterocycles. The van der Waals surface area contributed by atoms with E-state index in [1.54, 1.807) is 18.3 Å². The summed E-state index contributed by atoms with van der Waals surface area (Å²) in [7, 11) is 0. The van der Waals surface area contributed by atoms with Crippen LogP contribution in [0.4, 0.5) is 0 Å². The normalized spacial score (nSPS) is 14.1. The second-order valence-electron chi connectivity index (χ2n) is 4.59. The van der Waals surface area contributed by atoms with E-state index in [4.69, 9.17) is 11.6 Å². The van der Waals surface area contributed by atoms with Gasteiger partial charge in [-0.15, -0.1) is 0 Å². The lowest BCUT2D eigenvalue weighted by Gasteiger charge is -2.18. The highest BCUT2D eigenvalue weighted by Gasteiger charge is 2.32. The van der Waals surface area contributed by atoms with Gasteiger partial charge in [0.1, 0.15) is 5.03 Å². The van der Waals surface area contributed by atoms with Gasteiger partial charge in [0.15, 0.2) is 0 Å². The molecule has 1 aliphatic rings. The number of rotatable bonds is 3. The van der Waals surface area contributed by atoms with E-state index in [1.165, 1.54) is 0 Å². The van der Waals surface area contributed by atoms with Crippen LogP contribution in [0.2, 0.25) is 0 Å². The average molecular weight is 299 g/mol. The molecule has 4 nitrogen and oxygen atoms in total. The molecule has 21 heavy (non-hydrogen) atoms. The van der Waals surface area contributed by atoms with Crippen molar-refractivity contribution in [3.8, 4) is 0 Å². The van der Waals surface area contributed by atoms with Crippen LogP contribution in [0.5, 0.6) is 0 Å². The van der Waals surface area contributed by atoms with E-state index in [0.717, 1.165) is 5.56 Å². The molecule has 0 radical (unpaired) electrons. The molecular formula is C16H11ClN2O2. The largest absolute Gasteiger partial charge is 0.378 e. The number of benzene rings is 1. The van der Waals surface area contributed by atoms with E-state index in [-0.39, 0.29) is 10.6 Å². The number of aromatic nitrogens is 1. The molecular weight excluding hydrogens is 288 g/mol. The molecule has 0 atom stereocenters. The van der Waals surface area contributed by atoms with E-state index in [1.807, 2.05) is 30.3 Å². The number of nitrogens with zero attached hydrogens (tertiary/aromatic N) is 1. The first-order valence-electron chi connectivity index (χ1n) is 6.40. The van der Waals surface area contributed by atoms with E-state index in [9.17, 15) is 9.59 Å². The summed E-state index contributed by atoms with van der Waals surface area (Å²) in [6, 6.07) is 12.9. The van der Waals surface area contributed by atoms with Gasteiger partial charge in [-0.25, -0.2) is 0 Å². The Morgan fingerprint density at radius 2 is 1.76 bits per heavy atom. The fraction of sp³-hybridized carbons (Fsp3) is 0.0625. The number of fused-ring (bicyclic) bond motifs is 1. The lowest BCUT2D eigenvalue weighted by atomic mass is 9.97. The van der Waals surface area contributed by atoms with Gasteiger partial charge in [0.25, 0.3) is 0 Å². The van der Waals surface area contributed by atoms with Crippen LogP contribution in [0.1, 0.15) is 21.6 Å². The molecule has 1 heterocycles. The Morgan fingerprint density at radius 3 is 2.52 bits per heavy atom. The quantitative estimate of drug-likeness (QED) is 0.885. The predicted molar refractivity (Wildman–Crippen MR) is 79.6 cm³/mol. The lowest BCUT2D eigenvalue weighted by Crippen LogP contribution is -2.27. The summed E-state index contributed by atoms with van der Waals surface area (Å²) in [5.74, 6) is -1.32. The molecule has 104 valence electrons. The Kier molecular flexibility index (Phi) is 3.54. The van der Waals surface area contributed by atoms with Gasteiger partial charge >= 0.3 is 0 Å². The van der Waals surface area contributed by atoms with Crippen LogP contribution in [0.25, 0.3) is 5.70 Å². The van der Waals surface area contributed by atoms with Crippen LogP contribution in [-0.2, 0) is 11.3 Å². The summed E-state index contributed by atoms with van der Waals surface area (Å²) in [5.41, 5.74) is 2.14. The minimum Gasteiger partial charge on any atom is -0.378 e. The maximum absolute atomic E-state index is 11.9. The topological polar surface area (TPSA) is 59.1 Å². The Bertz CT molecular complexity index is 754. The van der Waals surface area contributed by atoms with Crippen LogP contribution in [0, 0.1) is 0 Å². The molecule has 0 amide bonds. The molecule has 0 saturated carbocycles. The summed E-state index contributed by atoms with van der Waals surface area (Å²) in [4.78, 5) is 28.0. The van der Waals surface area contributed by atoms with E-state index in [0.29, 0.717) is 17.9 Å². The number of halogens is 1. The third kappa shape index (κ3) is 2.45. The van der Waals surface area contributed by atoms with Gasteiger partial charge in [0, 0.05) is 12.7 Å². The van der Waals surface area contributed by atoms with Crippen LogP contribution in [-0.4, -0.2) is 16.6 Å². The van der Waals surface area contributed by atoms with Crippen molar-refractivity contribution in [2.75, 3.05) is 0 Å². The van der Waals surface area contributed by atoms with Crippen molar-refractivity contribution in [3.63, 3.8) is 0 Å². The van der Waals surface area contributed by atoms with E-state index in [2.05, 4.69) is 10.3 Å². The molecule has 0 bridgehead atoms. The highest BCUT2D eigenvalue weighted by molar-refractivity contribution is 6.64. The highest BCUT2D eigenvalue weighted by Crippen LogP contribution is 2.28. The van der Waals surface area contributed by atoms with Gasteiger partial charge in [-0.05, 0) is 17.7 Å². The first kappa shape index (κ1) is 13.5. The number of nitrogens with one attached hydrogen (secondary N) is 1. The number of carbonyl (C=O) groups excluding carboxylic acids is 2. The van der Waals surface area contributed by atoms with Crippen molar-refractivity contribution in [2.24, 2.45) is 0 Å². The minimum atomic E-state index is -0.701. The van der Waals surface area contributed by atoms with Crippen LogP contribution < -0.4 is 5.32 Å². The van der Waals surface area contributed by atoms with Crippen LogP contribution >= 0.6 is 11.6 Å². The molecule has 0 saturated heterocycles. The molecule has 1 aromatic carbocycles. The molecule has 1 aromatic heterocycles. The molecule has 5 heteroatoms. The summed E-state index contributed by atoms with van der Waals surface area (Å²) in [6.45, 7) is 0.490. The molecule has 1 aliphatic carbocycles. The van der Waals surface area contributed by atoms with E-state index >= 15 is 0 Å². The third-order valence-electron chi connectivity index (χ3n) is 3.23. The third-order valence-corrected chi connectivity index (χ3v) is 3.59. The highest BCUT2D eigenvalue weighted by atomic mass is 35.5. The molecule has 0 unspecified atom stereocenters. The zero-order valence-electron chi connectivity index (χ0n) is 11.0. The SMILES string of the molecule is O=C1C(=O)c2cccnc2C(NCc2ccccc2)=C1Cl. The zero-order valence-corrected chi connectivity index (χ0v) is 11.7. The molecule has 0 fully saturated rings. The lowest BCUT2D eigenvalue weighted by molar-refractivity contribution is -0.111. The van der Waals surface area contributed by atoms with Crippen molar-refractivity contribution < 1.29 is 9.59 Å². The second kappa shape index (κ2) is 5.50. The summed E-state index contributed by atoms with van der Waals surface area (Å²) < 4.78 is 0. The van der Waals surface area contributed by atoms with Gasteiger partial charge in [-0.1, -0.05) is 41.9 Å². The first-order chi connectivity index (χ1) is 10.2. The number of ketones is 2. The number of carbonyl (C=O) groups is 2. The fourth-order valence-electron chi connectivity index (χ4n) is 2.17. The minimum absolute atomic E-state index is 0.109. The van der Waals surface area contributed by atoms with Crippen molar-refractivity contribution in [1.29, 1.82) is 0 Å². The molecule has 1 N–H and O–H groups in total. The monoisotopic (exact) mass is 298 g/mol. The Morgan fingerprint density at radius 1 is 1.00 bits per heavy atom. The number of hydrogen-bond donors (Lipinski definition) is 1. The van der Waals surface area contributed by atoms with Gasteiger partial charge < -0.3 is 5.32 Å². The van der Waals surface area contributed by atoms with Gasteiger partial charge in [-0.2, -0.15) is 0 Å². The Labute approximate surface area is 126 Å². The molecule has 0 spiro atoms. The van der Waals surface area contributed by atoms with Crippen molar-refractivity contribution in [1.82, 2.24) is 10.3 Å². The summed E-state index contributed by atoms with van der Waals surface area (Å²) in [6.07, 6.45) is 1.57. The van der Waals surface area contributed by atoms with Crippen LogP contribution in [0.15, 0.2) is 53.7 Å². The Balaban J connectivity index is 1.96. The number of allylic oxidation sites excluding steroid dienone is 1. The number of Topliss-reactive ketones (excluding diaryl/α,β-unsaturated/α-hetero) is 2. The van der Waals surface area contributed by atoms with Crippen molar-refractivity contribution in [2.45, 2.75) is 6.54 Å². The van der Waals surface area contributed by atoms with Crippen molar-refractivity contribution in [3.05, 3.63) is 70.5 Å². The number of hydrogen-bond acceptors (Lipinski definition) is 4. The van der Waals surface area contributed by atoms with Crippen LogP contribution in [0.3, 0.4) is 0 Å². The Hall–Kier alpha value is -2.46. The maximum atomic E-state index is 11.9. The maximum Gasteiger partial charge on any atom is 0.247 e. The smallest absolute Gasteiger partial charge is 0.247 e. The van der Waals surface area contributed by atoms with Crippen molar-refractivity contribution >= 4 is 28.9 Å². The standard InChI is InChI=1S/C16H11ClN2O2/c17-12-14(19-9-10-5-2-1-3-6-10)13-11(7-4-8-18-13)15(20)16(12)21/h1-8,19H,9H2. The fourth-order valence-corrected chi connectivity index (χ4v) is 2.42. The molecule has 2 aromatic rings. The van der Waals surface area contributed by atoms with Gasteiger partial charge in [-0.3, -0.25) is 14.6 Å². The van der Waals surface area contributed by atoms with Gasteiger partial charge in [0.05, 0.1) is 17.0 Å². The van der Waals surface area contributed by atoms with E-state index < -0.39 is 11.6 Å².